The Hall–Kier alpha value is -2.68. The second-order valence-electron chi connectivity index (χ2n) is 6.70. The summed E-state index contributed by atoms with van der Waals surface area (Å²) in [6.07, 6.45) is 1.79. The van der Waals surface area contributed by atoms with Gasteiger partial charge in [-0.2, -0.15) is 0 Å². The zero-order valence-electron chi connectivity index (χ0n) is 15.6. The lowest BCUT2D eigenvalue weighted by Gasteiger charge is -2.04. The predicted octanol–water partition coefficient (Wildman–Crippen LogP) is 5.42. The number of aromatic nitrogens is 3. The lowest BCUT2D eigenvalue weighted by atomic mass is 10.2. The van der Waals surface area contributed by atoms with E-state index in [0.717, 1.165) is 30.7 Å². The van der Waals surface area contributed by atoms with E-state index in [0.29, 0.717) is 11.0 Å². The average Bonchev–Trinajstić information content (AvgIpc) is 3.29. The SMILES string of the molecule is Cc1ccc(-c2nc3cc(S(=O)(=O)c4ccc5sc(C)nc5c4)ccc3s2)cn1. The maximum Gasteiger partial charge on any atom is 0.206 e. The highest BCUT2D eigenvalue weighted by Crippen LogP contribution is 2.33. The standard InChI is InChI=1S/C21H15N3O2S3/c1-12-3-4-14(11-22-12)21-24-18-10-16(6-8-20(18)28-21)29(25,26)15-5-7-19-17(9-15)23-13(2)27-19/h3-11H,1-2H3. The lowest BCUT2D eigenvalue weighted by molar-refractivity contribution is 0.596. The Morgan fingerprint density at radius 2 is 1.45 bits per heavy atom. The smallest absolute Gasteiger partial charge is 0.206 e. The Morgan fingerprint density at radius 1 is 0.793 bits per heavy atom. The summed E-state index contributed by atoms with van der Waals surface area (Å²) in [5, 5.41) is 1.73. The largest absolute Gasteiger partial charge is 0.261 e. The van der Waals surface area contributed by atoms with Gasteiger partial charge in [-0.15, -0.1) is 22.7 Å². The lowest BCUT2D eigenvalue weighted by Crippen LogP contribution is -2.01. The van der Waals surface area contributed by atoms with Gasteiger partial charge in [0.15, 0.2) is 0 Å². The molecule has 5 aromatic rings. The van der Waals surface area contributed by atoms with Crippen LogP contribution in [0.15, 0.2) is 64.5 Å². The minimum absolute atomic E-state index is 0.232. The van der Waals surface area contributed by atoms with E-state index in [2.05, 4.69) is 15.0 Å². The van der Waals surface area contributed by atoms with E-state index in [-0.39, 0.29) is 9.79 Å². The minimum Gasteiger partial charge on any atom is -0.261 e. The number of hydrogen-bond donors (Lipinski definition) is 0. The summed E-state index contributed by atoms with van der Waals surface area (Å²) < 4.78 is 28.3. The maximum atomic E-state index is 13.2. The first kappa shape index (κ1) is 18.4. The van der Waals surface area contributed by atoms with Crippen LogP contribution in [-0.2, 0) is 9.84 Å². The molecule has 0 atom stereocenters. The number of rotatable bonds is 3. The van der Waals surface area contributed by atoms with Gasteiger partial charge in [-0.25, -0.2) is 18.4 Å². The number of pyridine rings is 1. The molecule has 0 aliphatic rings. The van der Waals surface area contributed by atoms with Gasteiger partial charge in [0.25, 0.3) is 0 Å². The molecule has 0 aliphatic heterocycles. The summed E-state index contributed by atoms with van der Waals surface area (Å²) in [5.74, 6) is 0. The van der Waals surface area contributed by atoms with Gasteiger partial charge in [0.1, 0.15) is 5.01 Å². The van der Waals surface area contributed by atoms with Gasteiger partial charge >= 0.3 is 0 Å². The zero-order valence-corrected chi connectivity index (χ0v) is 18.0. The predicted molar refractivity (Wildman–Crippen MR) is 117 cm³/mol. The molecule has 0 amide bonds. The van der Waals surface area contributed by atoms with E-state index in [1.807, 2.05) is 38.1 Å². The highest BCUT2D eigenvalue weighted by atomic mass is 32.2. The Bertz CT molecular complexity index is 1480. The molecular formula is C21H15N3O2S3. The van der Waals surface area contributed by atoms with Crippen LogP contribution in [0, 0.1) is 13.8 Å². The zero-order chi connectivity index (χ0) is 20.2. The number of fused-ring (bicyclic) bond motifs is 2. The first-order chi connectivity index (χ1) is 13.9. The normalized spacial score (nSPS) is 12.1. The Kier molecular flexibility index (Phi) is 4.23. The van der Waals surface area contributed by atoms with E-state index in [9.17, 15) is 8.42 Å². The molecule has 2 aromatic carbocycles. The van der Waals surface area contributed by atoms with Crippen molar-refractivity contribution in [3.63, 3.8) is 0 Å². The van der Waals surface area contributed by atoms with Crippen molar-refractivity contribution in [2.75, 3.05) is 0 Å². The molecule has 3 heterocycles. The second kappa shape index (κ2) is 6.69. The Labute approximate surface area is 175 Å². The summed E-state index contributed by atoms with van der Waals surface area (Å²) in [6.45, 7) is 3.85. The quantitative estimate of drug-likeness (QED) is 0.377. The van der Waals surface area contributed by atoms with Gasteiger partial charge in [0, 0.05) is 17.5 Å². The molecule has 0 unspecified atom stereocenters. The van der Waals surface area contributed by atoms with Gasteiger partial charge in [-0.05, 0) is 62.4 Å². The van der Waals surface area contributed by atoms with Gasteiger partial charge in [-0.3, -0.25) is 4.98 Å². The third-order valence-electron chi connectivity index (χ3n) is 4.60. The van der Waals surface area contributed by atoms with E-state index >= 15 is 0 Å². The topological polar surface area (TPSA) is 72.8 Å². The van der Waals surface area contributed by atoms with Crippen molar-refractivity contribution in [2.45, 2.75) is 23.6 Å². The van der Waals surface area contributed by atoms with Crippen molar-refractivity contribution in [1.29, 1.82) is 0 Å². The number of thiazole rings is 2. The van der Waals surface area contributed by atoms with Crippen LogP contribution in [0.2, 0.25) is 0 Å². The van der Waals surface area contributed by atoms with Crippen LogP contribution in [0.25, 0.3) is 31.0 Å². The molecule has 0 saturated carbocycles. The molecule has 3 aromatic heterocycles. The van der Waals surface area contributed by atoms with E-state index in [1.54, 1.807) is 41.8 Å². The van der Waals surface area contributed by atoms with Crippen molar-refractivity contribution in [2.24, 2.45) is 0 Å². The fourth-order valence-corrected chi connectivity index (χ4v) is 6.16. The third kappa shape index (κ3) is 3.23. The van der Waals surface area contributed by atoms with Crippen LogP contribution in [0.5, 0.6) is 0 Å². The van der Waals surface area contributed by atoms with Crippen LogP contribution in [0.3, 0.4) is 0 Å². The van der Waals surface area contributed by atoms with Crippen LogP contribution < -0.4 is 0 Å². The van der Waals surface area contributed by atoms with Gasteiger partial charge in [-0.1, -0.05) is 0 Å². The number of hydrogen-bond acceptors (Lipinski definition) is 7. The number of aryl methyl sites for hydroxylation is 2. The van der Waals surface area contributed by atoms with Crippen molar-refractivity contribution >= 4 is 52.9 Å². The monoisotopic (exact) mass is 437 g/mol. The molecule has 0 spiro atoms. The van der Waals surface area contributed by atoms with Crippen molar-refractivity contribution < 1.29 is 8.42 Å². The molecular weight excluding hydrogens is 422 g/mol. The van der Waals surface area contributed by atoms with Gasteiger partial charge in [0.2, 0.25) is 9.84 Å². The summed E-state index contributed by atoms with van der Waals surface area (Å²) in [4.78, 5) is 13.8. The third-order valence-corrected chi connectivity index (χ3v) is 8.39. The fourth-order valence-electron chi connectivity index (χ4n) is 3.12. The summed E-state index contributed by atoms with van der Waals surface area (Å²) in [5.41, 5.74) is 3.23. The maximum absolute atomic E-state index is 13.2. The van der Waals surface area contributed by atoms with E-state index in [4.69, 9.17) is 0 Å². The first-order valence-corrected chi connectivity index (χ1v) is 12.0. The van der Waals surface area contributed by atoms with Crippen molar-refractivity contribution in [1.82, 2.24) is 15.0 Å². The Morgan fingerprint density at radius 3 is 2.10 bits per heavy atom. The van der Waals surface area contributed by atoms with Crippen LogP contribution in [0.1, 0.15) is 10.7 Å². The highest BCUT2D eigenvalue weighted by Gasteiger charge is 2.20. The van der Waals surface area contributed by atoms with Crippen molar-refractivity contribution in [3.8, 4) is 10.6 Å². The van der Waals surface area contributed by atoms with Gasteiger partial charge in [0.05, 0.1) is 35.2 Å². The molecule has 144 valence electrons. The number of sulfone groups is 1. The molecule has 29 heavy (non-hydrogen) atoms. The molecule has 0 radical (unpaired) electrons. The molecule has 0 fully saturated rings. The molecule has 0 bridgehead atoms. The summed E-state index contributed by atoms with van der Waals surface area (Å²) in [6, 6.07) is 14.1. The number of benzene rings is 2. The van der Waals surface area contributed by atoms with Crippen LogP contribution in [-0.4, -0.2) is 23.4 Å². The minimum atomic E-state index is -3.66. The highest BCUT2D eigenvalue weighted by molar-refractivity contribution is 7.91. The molecule has 0 aliphatic carbocycles. The molecule has 0 N–H and O–H groups in total. The second-order valence-corrected chi connectivity index (χ2v) is 10.9. The van der Waals surface area contributed by atoms with Crippen molar-refractivity contribution in [3.05, 3.63) is 65.4 Å². The van der Waals surface area contributed by atoms with Gasteiger partial charge < -0.3 is 0 Å². The molecule has 0 saturated heterocycles. The van der Waals surface area contributed by atoms with Crippen LogP contribution in [0.4, 0.5) is 0 Å². The van der Waals surface area contributed by atoms with E-state index in [1.165, 1.54) is 11.3 Å². The van der Waals surface area contributed by atoms with Crippen LogP contribution >= 0.6 is 22.7 Å². The fraction of sp³-hybridized carbons (Fsp3) is 0.0952. The molecule has 5 nitrogen and oxygen atoms in total. The summed E-state index contributed by atoms with van der Waals surface area (Å²) >= 11 is 3.07. The average molecular weight is 438 g/mol. The first-order valence-electron chi connectivity index (χ1n) is 8.86. The molecule has 8 heteroatoms. The summed E-state index contributed by atoms with van der Waals surface area (Å²) in [7, 11) is -3.66. The Balaban J connectivity index is 1.58. The van der Waals surface area contributed by atoms with E-state index < -0.39 is 9.84 Å². The molecule has 5 rings (SSSR count). The number of nitrogens with zero attached hydrogens (tertiary/aromatic N) is 3.